The van der Waals surface area contributed by atoms with E-state index in [0.717, 1.165) is 25.6 Å². The molecule has 1 aromatic heterocycles. The van der Waals surface area contributed by atoms with Gasteiger partial charge in [-0.2, -0.15) is 12.7 Å². The third-order valence-corrected chi connectivity index (χ3v) is 5.24. The van der Waals surface area contributed by atoms with Crippen LogP contribution in [-0.2, 0) is 34.3 Å². The number of carbonyl (C=O) groups is 3. The van der Waals surface area contributed by atoms with Crippen LogP contribution in [0.3, 0.4) is 0 Å². The zero-order chi connectivity index (χ0) is 20.5. The second kappa shape index (κ2) is 7.63. The van der Waals surface area contributed by atoms with Crippen molar-refractivity contribution in [2.75, 3.05) is 20.0 Å². The fourth-order valence-corrected chi connectivity index (χ4v) is 3.93. The molecule has 2 rings (SSSR count). The number of anilines is 1. The Morgan fingerprint density at radius 3 is 2.52 bits per heavy atom. The highest BCUT2D eigenvalue weighted by Crippen LogP contribution is 2.28. The van der Waals surface area contributed by atoms with Crippen LogP contribution in [0.2, 0.25) is 4.34 Å². The summed E-state index contributed by atoms with van der Waals surface area (Å²) in [4.78, 5) is 44.6. The average Bonchev–Trinajstić information content (AvgIpc) is 2.90. The van der Waals surface area contributed by atoms with Gasteiger partial charge in [-0.05, 0) is 0 Å². The van der Waals surface area contributed by atoms with Gasteiger partial charge in [-0.3, -0.25) is 14.1 Å². The van der Waals surface area contributed by atoms with Crippen molar-refractivity contribution in [1.82, 2.24) is 14.6 Å². The molecule has 2 atom stereocenters. The minimum absolute atomic E-state index is 0.00228. The van der Waals surface area contributed by atoms with Crippen molar-refractivity contribution in [3.63, 3.8) is 0 Å². The number of nitrogens with two attached hydrogens (primary N) is 1. The van der Waals surface area contributed by atoms with Crippen molar-refractivity contribution in [2.24, 2.45) is 5.16 Å². The summed E-state index contributed by atoms with van der Waals surface area (Å²) in [7, 11) is -2.99. The molecule has 4 N–H and O–H groups in total. The Kier molecular flexibility index (Phi) is 5.88. The number of hydrogen-bond acceptors (Lipinski definition) is 11. The highest BCUT2D eigenvalue weighted by atomic mass is 35.5. The Hall–Kier alpha value is -2.49. The first-order valence-corrected chi connectivity index (χ1v) is 9.34. The molecule has 0 unspecified atom stereocenters. The first kappa shape index (κ1) is 20.8. The molecule has 0 saturated carbocycles. The van der Waals surface area contributed by atoms with E-state index in [-0.39, 0.29) is 19.5 Å². The maximum atomic E-state index is 12.5. The van der Waals surface area contributed by atoms with Crippen molar-refractivity contribution in [1.29, 1.82) is 0 Å². The van der Waals surface area contributed by atoms with Gasteiger partial charge in [0.15, 0.2) is 16.9 Å². The fourth-order valence-electron chi connectivity index (χ4n) is 2.17. The van der Waals surface area contributed by atoms with Crippen molar-refractivity contribution in [3.8, 4) is 0 Å². The van der Waals surface area contributed by atoms with Gasteiger partial charge in [0.2, 0.25) is 0 Å². The number of amides is 2. The number of rotatable bonds is 6. The summed E-state index contributed by atoms with van der Waals surface area (Å²) in [5, 5.41) is 5.59. The molecule has 0 bridgehead atoms. The number of nitrogen functional groups attached to an aromatic ring is 1. The summed E-state index contributed by atoms with van der Waals surface area (Å²) in [5.74, 6) is -3.51. The van der Waals surface area contributed by atoms with Crippen LogP contribution in [0.1, 0.15) is 5.69 Å². The molecule has 0 aliphatic carbocycles. The molecule has 16 heteroatoms. The van der Waals surface area contributed by atoms with Gasteiger partial charge in [-0.1, -0.05) is 28.1 Å². The van der Waals surface area contributed by atoms with Crippen LogP contribution in [0.25, 0.3) is 0 Å². The lowest BCUT2D eigenvalue weighted by atomic mass is 9.98. The topological polar surface area (TPSA) is 191 Å². The fraction of sp³-hybridized carbons (Fsp3) is 0.364. The van der Waals surface area contributed by atoms with Gasteiger partial charge in [0.1, 0.15) is 23.2 Å². The van der Waals surface area contributed by atoms with E-state index >= 15 is 0 Å². The Balaban J connectivity index is 2.32. The SMILES string of the molecule is CON=C(C(=O)N[C@H]1C(=O)N(S(=O)(=O)O)[C@H]1C(=O)OC)c1nc(N)sc1Cl. The Labute approximate surface area is 160 Å². The largest absolute Gasteiger partial charge is 0.467 e. The molecule has 2 heterocycles. The van der Waals surface area contributed by atoms with Crippen molar-refractivity contribution in [3.05, 3.63) is 10.0 Å². The van der Waals surface area contributed by atoms with Crippen LogP contribution in [0, 0.1) is 0 Å². The maximum Gasteiger partial charge on any atom is 0.363 e. The molecule has 1 aromatic rings. The lowest BCUT2D eigenvalue weighted by Gasteiger charge is -2.41. The van der Waals surface area contributed by atoms with Crippen molar-refractivity contribution in [2.45, 2.75) is 12.1 Å². The number of hydrogen-bond donors (Lipinski definition) is 3. The van der Waals surface area contributed by atoms with Crippen LogP contribution < -0.4 is 11.1 Å². The van der Waals surface area contributed by atoms with E-state index in [2.05, 4.69) is 25.0 Å². The minimum atomic E-state index is -5.05. The Bertz CT molecular complexity index is 929. The van der Waals surface area contributed by atoms with Crippen molar-refractivity contribution < 1.29 is 36.9 Å². The van der Waals surface area contributed by atoms with Gasteiger partial charge in [0.05, 0.1) is 7.11 Å². The molecule has 0 spiro atoms. The lowest BCUT2D eigenvalue weighted by molar-refractivity contribution is -0.162. The smallest absolute Gasteiger partial charge is 0.363 e. The normalized spacial score (nSPS) is 20.1. The number of ether oxygens (including phenoxy) is 1. The first-order valence-electron chi connectivity index (χ1n) is 6.75. The number of nitrogens with zero attached hydrogens (tertiary/aromatic N) is 3. The van der Waals surface area contributed by atoms with E-state index < -0.39 is 45.9 Å². The molecule has 13 nitrogen and oxygen atoms in total. The zero-order valence-electron chi connectivity index (χ0n) is 13.6. The number of esters is 1. The van der Waals surface area contributed by atoms with Crippen molar-refractivity contribution >= 4 is 61.9 Å². The zero-order valence-corrected chi connectivity index (χ0v) is 16.0. The van der Waals surface area contributed by atoms with Gasteiger partial charge in [-0.25, -0.2) is 9.78 Å². The van der Waals surface area contributed by atoms with Crippen LogP contribution in [0.15, 0.2) is 5.16 Å². The average molecular weight is 442 g/mol. The van der Waals surface area contributed by atoms with E-state index in [1.807, 2.05) is 0 Å². The molecule has 1 saturated heterocycles. The molecule has 1 fully saturated rings. The minimum Gasteiger partial charge on any atom is -0.467 e. The van der Waals surface area contributed by atoms with Gasteiger partial charge >= 0.3 is 16.3 Å². The predicted octanol–water partition coefficient (Wildman–Crippen LogP) is -1.60. The van der Waals surface area contributed by atoms with E-state index in [1.54, 1.807) is 0 Å². The highest BCUT2D eigenvalue weighted by Gasteiger charge is 2.58. The predicted molar refractivity (Wildman–Crippen MR) is 91.2 cm³/mol. The van der Waals surface area contributed by atoms with E-state index in [0.29, 0.717) is 0 Å². The van der Waals surface area contributed by atoms with E-state index in [1.165, 1.54) is 0 Å². The van der Waals surface area contributed by atoms with E-state index in [4.69, 9.17) is 21.9 Å². The molecule has 0 radical (unpaired) electrons. The number of oxime groups is 1. The lowest BCUT2D eigenvalue weighted by Crippen LogP contribution is -2.74. The molecule has 148 valence electrons. The number of aromatic nitrogens is 1. The third-order valence-electron chi connectivity index (χ3n) is 3.25. The Morgan fingerprint density at radius 1 is 1.44 bits per heavy atom. The summed E-state index contributed by atoms with van der Waals surface area (Å²) < 4.78 is 35.8. The molecule has 2 amide bonds. The number of β-lactam (4-membered cyclic amide) rings is 1. The van der Waals surface area contributed by atoms with Gasteiger partial charge < -0.3 is 20.6 Å². The Morgan fingerprint density at radius 2 is 2.07 bits per heavy atom. The number of nitrogens with one attached hydrogen (secondary N) is 1. The van der Waals surface area contributed by atoms with Gasteiger partial charge in [0.25, 0.3) is 11.8 Å². The number of halogens is 1. The summed E-state index contributed by atoms with van der Waals surface area (Å²) in [6.45, 7) is 0. The van der Waals surface area contributed by atoms with Gasteiger partial charge in [-0.15, -0.1) is 0 Å². The second-order valence-corrected chi connectivity index (χ2v) is 7.75. The van der Waals surface area contributed by atoms with Gasteiger partial charge in [0, 0.05) is 0 Å². The highest BCUT2D eigenvalue weighted by molar-refractivity contribution is 7.84. The van der Waals surface area contributed by atoms with Crippen LogP contribution >= 0.6 is 22.9 Å². The van der Waals surface area contributed by atoms with Crippen LogP contribution in [0.5, 0.6) is 0 Å². The monoisotopic (exact) mass is 441 g/mol. The molecule has 27 heavy (non-hydrogen) atoms. The summed E-state index contributed by atoms with van der Waals surface area (Å²) >= 11 is 6.76. The van der Waals surface area contributed by atoms with E-state index in [9.17, 15) is 22.8 Å². The number of thiazole rings is 1. The summed E-state index contributed by atoms with van der Waals surface area (Å²) in [5.41, 5.74) is 4.88. The molecular formula is C11H12ClN5O8S2. The summed E-state index contributed by atoms with van der Waals surface area (Å²) in [6.07, 6.45) is 0. The first-order chi connectivity index (χ1) is 12.5. The van der Waals surface area contributed by atoms with Crippen LogP contribution in [0.4, 0.5) is 5.13 Å². The third kappa shape index (κ3) is 3.95. The van der Waals surface area contributed by atoms with Crippen LogP contribution in [-0.4, -0.2) is 72.1 Å². The molecule has 0 aromatic carbocycles. The number of methoxy groups -OCH3 is 1. The maximum absolute atomic E-state index is 12.5. The molecule has 1 aliphatic heterocycles. The molecular weight excluding hydrogens is 430 g/mol. The second-order valence-electron chi connectivity index (χ2n) is 4.83. The number of carbonyl (C=O) groups excluding carboxylic acids is 3. The molecule has 1 aliphatic rings. The quantitative estimate of drug-likeness (QED) is 0.152. The standard InChI is InChI=1S/C11H12ClN5O8S2/c1-24-10(20)6-5(9(19)17(6)27(21,22)23)14-8(18)4(16-25-2)3-7(12)26-11(13)15-3/h5-6H,1-2H3,(H2,13,15)(H,14,18)(H,21,22,23)/t5-,6-/m1/s1. The summed E-state index contributed by atoms with van der Waals surface area (Å²) in [6, 6.07) is -3.45.